The molecule has 12 heteroatoms. The molecule has 36 heavy (non-hydrogen) atoms. The number of rotatable bonds is 4. The normalized spacial score (nSPS) is 15.9. The van der Waals surface area contributed by atoms with Crippen molar-refractivity contribution in [3.8, 4) is 11.5 Å². The number of hydrogen-bond acceptors (Lipinski definition) is 6. The molecule has 5 aromatic rings. The van der Waals surface area contributed by atoms with Crippen molar-refractivity contribution >= 4 is 16.7 Å². The number of hydrogen-bond donors (Lipinski definition) is 1. The Bertz CT molecular complexity index is 1570. The first-order valence-electron chi connectivity index (χ1n) is 11.1. The topological polar surface area (TPSA) is 106 Å². The van der Waals surface area contributed by atoms with Gasteiger partial charge in [0.05, 0.1) is 41.4 Å². The molecule has 9 nitrogen and oxygen atoms in total. The number of benzene rings is 1. The molecular weight excluding hydrogens is 475 g/mol. The van der Waals surface area contributed by atoms with Crippen molar-refractivity contribution in [3.05, 3.63) is 84.3 Å². The van der Waals surface area contributed by atoms with Crippen LogP contribution in [0, 0.1) is 0 Å². The van der Waals surface area contributed by atoms with Crippen LogP contribution in [0.1, 0.15) is 33.7 Å². The summed E-state index contributed by atoms with van der Waals surface area (Å²) < 4.78 is 44.4. The van der Waals surface area contributed by atoms with E-state index in [-0.39, 0.29) is 17.2 Å². The summed E-state index contributed by atoms with van der Waals surface area (Å²) in [5.74, 6) is -0.453. The molecular formula is C24H18F3N7O2. The fourth-order valence-electron chi connectivity index (χ4n) is 4.45. The largest absolute Gasteiger partial charge is 0.431 e. The Morgan fingerprint density at radius 3 is 2.78 bits per heavy atom. The Balaban J connectivity index is 1.32. The lowest BCUT2D eigenvalue weighted by Crippen LogP contribution is -2.41. The standard InChI is InChI=1S/C24H18F3N7O2/c25-24(26,27)12-33-11-16(9-32-33)22-29-10-19(36-22)23(35)34-6-5-17-20(31-13-30-17)21(34)18-7-14-3-1-2-4-15(14)8-28-18/h1-4,7-11,13,21H,5-6,12H2,(H,30,31)/t21-/m1/s1. The minimum atomic E-state index is -4.41. The van der Waals surface area contributed by atoms with Crippen LogP contribution in [0.25, 0.3) is 22.2 Å². The number of amides is 1. The van der Waals surface area contributed by atoms with Crippen LogP contribution in [-0.4, -0.2) is 53.2 Å². The van der Waals surface area contributed by atoms with Gasteiger partial charge in [-0.15, -0.1) is 0 Å². The Morgan fingerprint density at radius 1 is 1.11 bits per heavy atom. The minimum Gasteiger partial charge on any atom is -0.431 e. The molecule has 0 fully saturated rings. The van der Waals surface area contributed by atoms with Gasteiger partial charge >= 0.3 is 6.18 Å². The molecule has 1 N–H and O–H groups in total. The molecule has 0 spiro atoms. The molecule has 1 aliphatic heterocycles. The second kappa shape index (κ2) is 8.33. The quantitative estimate of drug-likeness (QED) is 0.403. The van der Waals surface area contributed by atoms with E-state index in [1.165, 1.54) is 18.6 Å². The molecule has 1 amide bonds. The third kappa shape index (κ3) is 4.00. The molecule has 1 aliphatic rings. The molecule has 1 atom stereocenters. The zero-order valence-electron chi connectivity index (χ0n) is 18.6. The molecule has 0 radical (unpaired) electrons. The van der Waals surface area contributed by atoms with Crippen LogP contribution in [-0.2, 0) is 13.0 Å². The van der Waals surface area contributed by atoms with E-state index in [1.807, 2.05) is 30.3 Å². The second-order valence-corrected chi connectivity index (χ2v) is 8.44. The van der Waals surface area contributed by atoms with E-state index in [4.69, 9.17) is 4.42 Å². The summed E-state index contributed by atoms with van der Waals surface area (Å²) in [6.07, 6.45) is 3.15. The fraction of sp³-hybridized carbons (Fsp3) is 0.208. The predicted octanol–water partition coefficient (Wildman–Crippen LogP) is 4.16. The van der Waals surface area contributed by atoms with Gasteiger partial charge in [-0.3, -0.25) is 14.5 Å². The number of alkyl halides is 3. The van der Waals surface area contributed by atoms with Gasteiger partial charge in [0.1, 0.15) is 12.6 Å². The first-order valence-corrected chi connectivity index (χ1v) is 11.1. The Hall–Kier alpha value is -4.48. The smallest absolute Gasteiger partial charge is 0.408 e. The number of oxazole rings is 1. The molecule has 0 bridgehead atoms. The average Bonchev–Trinajstić information content (AvgIpc) is 3.62. The van der Waals surface area contributed by atoms with Crippen molar-refractivity contribution < 1.29 is 22.4 Å². The molecule has 0 saturated carbocycles. The van der Waals surface area contributed by atoms with Crippen molar-refractivity contribution in [3.63, 3.8) is 0 Å². The number of halogens is 3. The second-order valence-electron chi connectivity index (χ2n) is 8.44. The predicted molar refractivity (Wildman–Crippen MR) is 121 cm³/mol. The summed E-state index contributed by atoms with van der Waals surface area (Å²) in [7, 11) is 0. The van der Waals surface area contributed by atoms with Crippen LogP contribution in [0.15, 0.2) is 65.9 Å². The van der Waals surface area contributed by atoms with Gasteiger partial charge in [-0.1, -0.05) is 24.3 Å². The molecule has 4 aromatic heterocycles. The first-order chi connectivity index (χ1) is 17.4. The minimum absolute atomic E-state index is 0.00592. The fourth-order valence-corrected chi connectivity index (χ4v) is 4.45. The Labute approximate surface area is 201 Å². The van der Waals surface area contributed by atoms with Gasteiger partial charge < -0.3 is 14.3 Å². The van der Waals surface area contributed by atoms with Crippen LogP contribution >= 0.6 is 0 Å². The van der Waals surface area contributed by atoms with E-state index in [0.29, 0.717) is 18.7 Å². The number of aromatic nitrogens is 6. The number of carbonyl (C=O) groups excluding carboxylic acids is 1. The van der Waals surface area contributed by atoms with Gasteiger partial charge in [0.2, 0.25) is 11.7 Å². The van der Waals surface area contributed by atoms with Crippen LogP contribution in [0.4, 0.5) is 13.2 Å². The van der Waals surface area contributed by atoms with Crippen LogP contribution < -0.4 is 0 Å². The SMILES string of the molecule is O=C(c1cnc(-c2cnn(CC(F)(F)F)c2)o1)N1CCc2nc[nH]c2[C@H]1c1cc2ccccc2cn1. The third-order valence-corrected chi connectivity index (χ3v) is 6.06. The molecule has 0 aliphatic carbocycles. The molecule has 5 heterocycles. The lowest BCUT2D eigenvalue weighted by atomic mass is 9.97. The summed E-state index contributed by atoms with van der Waals surface area (Å²) in [5, 5.41) is 5.66. The van der Waals surface area contributed by atoms with E-state index < -0.39 is 24.7 Å². The molecule has 1 aromatic carbocycles. The number of pyridine rings is 1. The number of H-pyrrole nitrogens is 1. The maximum absolute atomic E-state index is 13.6. The van der Waals surface area contributed by atoms with E-state index in [9.17, 15) is 18.0 Å². The Kier molecular flexibility index (Phi) is 5.09. The van der Waals surface area contributed by atoms with Crippen molar-refractivity contribution in [1.82, 2.24) is 34.6 Å². The summed E-state index contributed by atoms with van der Waals surface area (Å²) in [6, 6.07) is 9.22. The number of nitrogens with zero attached hydrogens (tertiary/aromatic N) is 6. The first kappa shape index (κ1) is 22.0. The van der Waals surface area contributed by atoms with Crippen LogP contribution in [0.5, 0.6) is 0 Å². The van der Waals surface area contributed by atoms with Gasteiger partial charge in [-0.25, -0.2) is 9.97 Å². The van der Waals surface area contributed by atoms with Crippen molar-refractivity contribution in [1.29, 1.82) is 0 Å². The maximum atomic E-state index is 13.6. The highest BCUT2D eigenvalue weighted by atomic mass is 19.4. The van der Waals surface area contributed by atoms with E-state index in [2.05, 4.69) is 25.0 Å². The van der Waals surface area contributed by atoms with Crippen molar-refractivity contribution in [2.45, 2.75) is 25.2 Å². The third-order valence-electron chi connectivity index (χ3n) is 6.06. The maximum Gasteiger partial charge on any atom is 0.408 e. The molecule has 182 valence electrons. The van der Waals surface area contributed by atoms with Gasteiger partial charge in [0, 0.05) is 30.7 Å². The number of aromatic amines is 1. The lowest BCUT2D eigenvalue weighted by molar-refractivity contribution is -0.142. The molecule has 6 rings (SSSR count). The highest BCUT2D eigenvalue weighted by Crippen LogP contribution is 2.35. The van der Waals surface area contributed by atoms with E-state index in [0.717, 1.165) is 26.8 Å². The van der Waals surface area contributed by atoms with E-state index in [1.54, 1.807) is 17.4 Å². The van der Waals surface area contributed by atoms with Gasteiger partial charge in [0.25, 0.3) is 5.91 Å². The van der Waals surface area contributed by atoms with Gasteiger partial charge in [0.15, 0.2) is 0 Å². The zero-order valence-corrected chi connectivity index (χ0v) is 18.6. The van der Waals surface area contributed by atoms with Gasteiger partial charge in [-0.05, 0) is 11.5 Å². The summed E-state index contributed by atoms with van der Waals surface area (Å²) in [5.41, 5.74) is 2.53. The molecule has 0 saturated heterocycles. The van der Waals surface area contributed by atoms with Gasteiger partial charge in [-0.2, -0.15) is 18.3 Å². The summed E-state index contributed by atoms with van der Waals surface area (Å²) in [4.78, 5) is 31.5. The number of nitrogens with one attached hydrogen (secondary N) is 1. The van der Waals surface area contributed by atoms with Crippen molar-refractivity contribution in [2.75, 3.05) is 6.54 Å². The number of carbonyl (C=O) groups is 1. The Morgan fingerprint density at radius 2 is 1.94 bits per heavy atom. The highest BCUT2D eigenvalue weighted by Gasteiger charge is 2.37. The molecule has 0 unspecified atom stereocenters. The monoisotopic (exact) mass is 493 g/mol. The van der Waals surface area contributed by atoms with Crippen LogP contribution in [0.3, 0.4) is 0 Å². The zero-order chi connectivity index (χ0) is 24.9. The lowest BCUT2D eigenvalue weighted by Gasteiger charge is -2.34. The highest BCUT2D eigenvalue weighted by molar-refractivity contribution is 5.92. The van der Waals surface area contributed by atoms with Crippen molar-refractivity contribution in [2.24, 2.45) is 0 Å². The summed E-state index contributed by atoms with van der Waals surface area (Å²) in [6.45, 7) is -0.865. The number of fused-ring (bicyclic) bond motifs is 2. The van der Waals surface area contributed by atoms with E-state index >= 15 is 0 Å². The summed E-state index contributed by atoms with van der Waals surface area (Å²) >= 11 is 0. The average molecular weight is 493 g/mol. The number of imidazole rings is 1. The van der Waals surface area contributed by atoms with Crippen LogP contribution in [0.2, 0.25) is 0 Å².